The monoisotopic (exact) mass is 573 g/mol. The minimum absolute atomic E-state index is 0.0837. The van der Waals surface area contributed by atoms with Crippen LogP contribution in [0.15, 0.2) is 36.4 Å². The highest BCUT2D eigenvalue weighted by molar-refractivity contribution is 6.34. The van der Waals surface area contributed by atoms with Crippen LogP contribution in [-0.4, -0.2) is 46.1 Å². The number of hydrogen-bond donors (Lipinski definition) is 3. The van der Waals surface area contributed by atoms with E-state index in [9.17, 15) is 19.5 Å². The first kappa shape index (κ1) is 32.9. The lowest BCUT2D eigenvalue weighted by Crippen LogP contribution is -2.55. The molecule has 8 nitrogen and oxygen atoms in total. The van der Waals surface area contributed by atoms with Crippen LogP contribution < -0.4 is 10.6 Å². The highest BCUT2D eigenvalue weighted by Crippen LogP contribution is 2.32. The number of phenolic OH excluding ortho intramolecular Hbond substituents is 1. The fourth-order valence-electron chi connectivity index (χ4n) is 4.29. The summed E-state index contributed by atoms with van der Waals surface area (Å²) < 4.78 is 5.46. The number of aryl methyl sites for hydroxylation is 2. The summed E-state index contributed by atoms with van der Waals surface area (Å²) in [6.07, 6.45) is 1.33. The number of amides is 3. The number of ether oxygens (including phenoxy) is 1. The second-order valence-electron chi connectivity index (χ2n) is 11.3. The smallest absolute Gasteiger partial charge is 0.408 e. The van der Waals surface area contributed by atoms with Crippen LogP contribution in [0.2, 0.25) is 5.02 Å². The van der Waals surface area contributed by atoms with Crippen molar-refractivity contribution in [3.05, 3.63) is 58.1 Å². The number of rotatable bonds is 11. The predicted octanol–water partition coefficient (Wildman–Crippen LogP) is 6.91. The lowest BCUT2D eigenvalue weighted by Gasteiger charge is -2.36. The van der Waals surface area contributed by atoms with Crippen LogP contribution in [0.25, 0.3) is 0 Å². The summed E-state index contributed by atoms with van der Waals surface area (Å²) in [5.74, 6) is -0.998. The third-order valence-corrected chi connectivity index (χ3v) is 7.07. The summed E-state index contributed by atoms with van der Waals surface area (Å²) >= 11 is 6.43. The van der Waals surface area contributed by atoms with Gasteiger partial charge in [0, 0.05) is 6.54 Å². The van der Waals surface area contributed by atoms with Crippen LogP contribution in [0.4, 0.5) is 10.5 Å². The zero-order chi connectivity index (χ0) is 30.2. The number of aromatic hydroxyl groups is 1. The summed E-state index contributed by atoms with van der Waals surface area (Å²) in [7, 11) is 0. The van der Waals surface area contributed by atoms with Crippen LogP contribution in [0.5, 0.6) is 5.75 Å². The fourth-order valence-corrected chi connectivity index (χ4v) is 4.56. The van der Waals surface area contributed by atoms with Crippen molar-refractivity contribution in [3.8, 4) is 5.75 Å². The Hall–Kier alpha value is -3.26. The van der Waals surface area contributed by atoms with Gasteiger partial charge < -0.3 is 25.4 Å². The topological polar surface area (TPSA) is 108 Å². The van der Waals surface area contributed by atoms with Gasteiger partial charge in [-0.1, -0.05) is 63.4 Å². The van der Waals surface area contributed by atoms with Gasteiger partial charge in [0.15, 0.2) is 0 Å². The molecule has 0 aliphatic carbocycles. The van der Waals surface area contributed by atoms with Crippen molar-refractivity contribution in [2.75, 3.05) is 11.9 Å². The second kappa shape index (κ2) is 14.4. The number of phenols is 1. The maximum Gasteiger partial charge on any atom is 0.408 e. The Morgan fingerprint density at radius 2 is 1.75 bits per heavy atom. The molecular formula is C31H44ClN3O5. The highest BCUT2D eigenvalue weighted by Gasteiger charge is 2.38. The molecule has 2 rings (SSSR count). The zero-order valence-corrected chi connectivity index (χ0v) is 25.7. The molecule has 40 heavy (non-hydrogen) atoms. The largest absolute Gasteiger partial charge is 0.508 e. The fraction of sp³-hybridized carbons (Fsp3) is 0.516. The Morgan fingerprint density at radius 1 is 1.07 bits per heavy atom. The Labute approximate surface area is 243 Å². The minimum Gasteiger partial charge on any atom is -0.508 e. The Balaban J connectivity index is 2.63. The second-order valence-corrected chi connectivity index (χ2v) is 11.7. The molecule has 0 aliphatic heterocycles. The Morgan fingerprint density at radius 3 is 2.30 bits per heavy atom. The van der Waals surface area contributed by atoms with E-state index in [1.807, 2.05) is 33.8 Å². The number of benzene rings is 2. The summed E-state index contributed by atoms with van der Waals surface area (Å²) in [5.41, 5.74) is 1.59. The van der Waals surface area contributed by atoms with Crippen LogP contribution >= 0.6 is 11.6 Å². The molecule has 3 atom stereocenters. The van der Waals surface area contributed by atoms with Gasteiger partial charge in [-0.05, 0) is 81.8 Å². The van der Waals surface area contributed by atoms with Crippen molar-refractivity contribution in [2.45, 2.75) is 92.3 Å². The molecule has 3 unspecified atom stereocenters. The lowest BCUT2D eigenvalue weighted by molar-refractivity contribution is -0.142. The maximum atomic E-state index is 14.3. The quantitative estimate of drug-likeness (QED) is 0.271. The average Bonchev–Trinajstić information content (AvgIpc) is 2.87. The molecular weight excluding hydrogens is 530 g/mol. The van der Waals surface area contributed by atoms with E-state index in [0.29, 0.717) is 34.7 Å². The minimum atomic E-state index is -1.05. The predicted molar refractivity (Wildman–Crippen MR) is 160 cm³/mol. The molecule has 0 radical (unpaired) electrons. The van der Waals surface area contributed by atoms with Crippen LogP contribution in [0, 0.1) is 19.8 Å². The summed E-state index contributed by atoms with van der Waals surface area (Å²) in [5, 5.41) is 16.3. The van der Waals surface area contributed by atoms with Crippen molar-refractivity contribution < 1.29 is 24.2 Å². The molecule has 0 bridgehead atoms. The highest BCUT2D eigenvalue weighted by atomic mass is 35.5. The van der Waals surface area contributed by atoms with E-state index >= 15 is 0 Å². The van der Waals surface area contributed by atoms with Gasteiger partial charge in [0.1, 0.15) is 23.4 Å². The molecule has 2 aromatic rings. The summed E-state index contributed by atoms with van der Waals surface area (Å²) in [6, 6.07) is 8.19. The number of carbonyl (C=O) groups excluding carboxylic acids is 3. The van der Waals surface area contributed by atoms with Crippen molar-refractivity contribution in [2.24, 2.45) is 5.92 Å². The van der Waals surface area contributed by atoms with Gasteiger partial charge in [0.25, 0.3) is 5.91 Å². The third kappa shape index (κ3) is 8.88. The molecule has 2 aromatic carbocycles. The Kier molecular flexibility index (Phi) is 11.9. The Bertz CT molecular complexity index is 1170. The number of hydrogen-bond acceptors (Lipinski definition) is 5. The molecule has 0 heterocycles. The van der Waals surface area contributed by atoms with Crippen molar-refractivity contribution >= 4 is 35.2 Å². The van der Waals surface area contributed by atoms with Crippen molar-refractivity contribution in [3.63, 3.8) is 0 Å². The van der Waals surface area contributed by atoms with Crippen LogP contribution in [0.1, 0.15) is 83.5 Å². The van der Waals surface area contributed by atoms with E-state index in [-0.39, 0.29) is 18.2 Å². The molecule has 3 N–H and O–H groups in total. The molecule has 3 amide bonds. The number of carbonyl (C=O) groups is 3. The first-order valence-corrected chi connectivity index (χ1v) is 14.2. The molecule has 0 fully saturated rings. The van der Waals surface area contributed by atoms with E-state index in [1.54, 1.807) is 52.0 Å². The van der Waals surface area contributed by atoms with Gasteiger partial charge in [-0.15, -0.1) is 0 Å². The van der Waals surface area contributed by atoms with E-state index in [4.69, 9.17) is 16.3 Å². The molecule has 0 saturated heterocycles. The number of anilines is 1. The number of para-hydroxylation sites is 1. The van der Waals surface area contributed by atoms with E-state index in [2.05, 4.69) is 10.6 Å². The molecule has 0 aromatic heterocycles. The number of halogens is 1. The normalized spacial score (nSPS) is 13.6. The van der Waals surface area contributed by atoms with E-state index in [0.717, 1.165) is 12.0 Å². The third-order valence-electron chi connectivity index (χ3n) is 6.75. The molecule has 9 heteroatoms. The van der Waals surface area contributed by atoms with Crippen molar-refractivity contribution in [1.29, 1.82) is 0 Å². The summed E-state index contributed by atoms with van der Waals surface area (Å²) in [4.78, 5) is 42.7. The van der Waals surface area contributed by atoms with Gasteiger partial charge in [0.2, 0.25) is 5.91 Å². The number of nitrogens with zero attached hydrogens (tertiary/aromatic N) is 1. The number of unbranched alkanes of at least 4 members (excludes halogenated alkanes) is 1. The van der Waals surface area contributed by atoms with Gasteiger partial charge >= 0.3 is 6.09 Å². The first-order chi connectivity index (χ1) is 18.7. The summed E-state index contributed by atoms with van der Waals surface area (Å²) in [6.45, 7) is 14.9. The molecule has 0 spiro atoms. The maximum absolute atomic E-state index is 14.3. The van der Waals surface area contributed by atoms with E-state index < -0.39 is 35.6 Å². The van der Waals surface area contributed by atoms with Crippen molar-refractivity contribution in [1.82, 2.24) is 10.2 Å². The van der Waals surface area contributed by atoms with Gasteiger partial charge in [-0.3, -0.25) is 9.59 Å². The number of alkyl carbamates (subject to hydrolysis) is 1. The SMILES string of the molecule is CCCCN(C(=O)C(NC(=O)OC(C)(C)C)C(C)CC)C(C(=O)Nc1c(C)cccc1Cl)c1ccc(O)c(C)c1. The first-order valence-electron chi connectivity index (χ1n) is 13.9. The van der Waals surface area contributed by atoms with Gasteiger partial charge in [0.05, 0.1) is 10.7 Å². The van der Waals surface area contributed by atoms with Gasteiger partial charge in [-0.2, -0.15) is 0 Å². The lowest BCUT2D eigenvalue weighted by atomic mass is 9.95. The van der Waals surface area contributed by atoms with Crippen LogP contribution in [-0.2, 0) is 14.3 Å². The standard InChI is InChI=1S/C31H44ClN3O5/c1-9-11-17-35(29(38)26(19(3)10-2)34-30(39)40-31(6,7)8)27(22-15-16-24(36)21(5)18-22)28(37)33-25-20(4)13-12-14-23(25)32/h12-16,18-19,26-27,36H,9-11,17H2,1-8H3,(H,33,37)(H,34,39). The van der Waals surface area contributed by atoms with Crippen LogP contribution in [0.3, 0.4) is 0 Å². The zero-order valence-electron chi connectivity index (χ0n) is 24.9. The van der Waals surface area contributed by atoms with Gasteiger partial charge in [-0.25, -0.2) is 4.79 Å². The molecule has 0 aliphatic rings. The molecule has 0 saturated carbocycles. The number of nitrogens with one attached hydrogen (secondary N) is 2. The average molecular weight is 574 g/mol. The molecule has 220 valence electrons. The van der Waals surface area contributed by atoms with E-state index in [1.165, 1.54) is 11.0 Å².